The van der Waals surface area contributed by atoms with Crippen molar-refractivity contribution in [3.8, 4) is 0 Å². The van der Waals surface area contributed by atoms with Crippen molar-refractivity contribution in [2.24, 2.45) is 5.92 Å². The Morgan fingerprint density at radius 2 is 2.60 bits per heavy atom. The van der Waals surface area contributed by atoms with Crippen molar-refractivity contribution in [3.05, 3.63) is 18.2 Å². The van der Waals surface area contributed by atoms with Gasteiger partial charge in [0.15, 0.2) is 0 Å². The minimum Gasteiger partial charge on any atom is -0.316 e. The molecule has 1 unspecified atom stereocenters. The predicted molar refractivity (Wildman–Crippen MR) is 40.3 cm³/mol. The zero-order valence-corrected chi connectivity index (χ0v) is 5.98. The molecule has 1 saturated heterocycles. The zero-order chi connectivity index (χ0) is 6.81. The van der Waals surface area contributed by atoms with E-state index in [0.29, 0.717) is 0 Å². The molecule has 1 atom stereocenters. The van der Waals surface area contributed by atoms with Crippen LogP contribution in [0.5, 0.6) is 0 Å². The molecular weight excluding hydrogens is 124 g/mol. The molecule has 0 aromatic carbocycles. The van der Waals surface area contributed by atoms with E-state index in [-0.39, 0.29) is 0 Å². The molecule has 0 saturated carbocycles. The molecule has 0 bridgehead atoms. The summed E-state index contributed by atoms with van der Waals surface area (Å²) in [5, 5.41) is 6.42. The molecule has 2 N–H and O–H groups in total. The smallest absolute Gasteiger partial charge is 0.0893 e. The number of hydrogen-bond acceptors (Lipinski definition) is 2. The van der Waals surface area contributed by atoms with Crippen molar-refractivity contribution in [2.75, 3.05) is 19.6 Å². The molecule has 1 fully saturated rings. The Kier molecular flexibility index (Phi) is 1.74. The predicted octanol–water partition coefficient (Wildman–Crippen LogP) is 0.164. The number of hydrogen-bond donors (Lipinski definition) is 2. The third kappa shape index (κ3) is 1.09. The van der Waals surface area contributed by atoms with Gasteiger partial charge in [0.2, 0.25) is 0 Å². The summed E-state index contributed by atoms with van der Waals surface area (Å²) < 4.78 is 0. The van der Waals surface area contributed by atoms with Crippen molar-refractivity contribution in [1.82, 2.24) is 10.6 Å². The van der Waals surface area contributed by atoms with Crippen LogP contribution in [0.2, 0.25) is 0 Å². The molecule has 2 aliphatic heterocycles. The van der Waals surface area contributed by atoms with Gasteiger partial charge >= 0.3 is 0 Å². The van der Waals surface area contributed by atoms with Gasteiger partial charge in [0.25, 0.3) is 0 Å². The second kappa shape index (κ2) is 2.72. The van der Waals surface area contributed by atoms with Crippen LogP contribution in [-0.2, 0) is 0 Å². The highest BCUT2D eigenvalue weighted by atomic mass is 14.9. The largest absolute Gasteiger partial charge is 0.316 e. The second-order valence-electron chi connectivity index (χ2n) is 2.86. The highest BCUT2D eigenvalue weighted by Crippen LogP contribution is 2.21. The molecule has 2 aliphatic rings. The molecule has 0 aromatic heterocycles. The Morgan fingerprint density at radius 3 is 3.20 bits per heavy atom. The van der Waals surface area contributed by atoms with E-state index >= 15 is 0 Å². The summed E-state index contributed by atoms with van der Waals surface area (Å²) in [5.74, 6) is 0.731. The highest BCUT2D eigenvalue weighted by Gasteiger charge is 2.20. The summed E-state index contributed by atoms with van der Waals surface area (Å²) in [6.07, 6.45) is 3.51. The highest BCUT2D eigenvalue weighted by molar-refractivity contribution is 5.23. The summed E-state index contributed by atoms with van der Waals surface area (Å²) in [5.41, 5.74) is 1.38. The Bertz CT molecular complexity index is 145. The monoisotopic (exact) mass is 136 g/mol. The van der Waals surface area contributed by atoms with Crippen molar-refractivity contribution < 1.29 is 0 Å². The molecule has 2 nitrogen and oxygen atoms in total. The van der Waals surface area contributed by atoms with Crippen LogP contribution in [0.15, 0.2) is 11.6 Å². The third-order valence-corrected chi connectivity index (χ3v) is 2.16. The Hall–Kier alpha value is -0.340. The van der Waals surface area contributed by atoms with Gasteiger partial charge < -0.3 is 10.6 Å². The summed E-state index contributed by atoms with van der Waals surface area (Å²) in [7, 11) is 0. The van der Waals surface area contributed by atoms with Crippen molar-refractivity contribution in [2.45, 2.75) is 6.42 Å². The van der Waals surface area contributed by atoms with Gasteiger partial charge in [0, 0.05) is 13.1 Å². The summed E-state index contributed by atoms with van der Waals surface area (Å²) >= 11 is 0. The van der Waals surface area contributed by atoms with E-state index in [9.17, 15) is 0 Å². The molecule has 2 radical (unpaired) electrons. The topological polar surface area (TPSA) is 24.1 Å². The van der Waals surface area contributed by atoms with E-state index in [0.717, 1.165) is 19.0 Å². The van der Waals surface area contributed by atoms with E-state index in [2.05, 4.69) is 23.3 Å². The van der Waals surface area contributed by atoms with Crippen molar-refractivity contribution in [3.63, 3.8) is 0 Å². The van der Waals surface area contributed by atoms with E-state index in [4.69, 9.17) is 0 Å². The molecule has 0 amide bonds. The van der Waals surface area contributed by atoms with E-state index < -0.39 is 0 Å². The molecule has 2 heteroatoms. The van der Waals surface area contributed by atoms with Crippen LogP contribution >= 0.6 is 0 Å². The summed E-state index contributed by atoms with van der Waals surface area (Å²) in [6.45, 7) is 6.46. The Balaban J connectivity index is 1.97. The second-order valence-corrected chi connectivity index (χ2v) is 2.86. The van der Waals surface area contributed by atoms with Crippen molar-refractivity contribution >= 4 is 0 Å². The molecule has 54 valence electrons. The molecule has 2 rings (SSSR count). The van der Waals surface area contributed by atoms with Crippen LogP contribution in [0.25, 0.3) is 0 Å². The van der Waals surface area contributed by atoms with Crippen LogP contribution in [0.4, 0.5) is 0 Å². The fraction of sp³-hybridized carbons (Fsp3) is 0.625. The quantitative estimate of drug-likeness (QED) is 0.536. The summed E-state index contributed by atoms with van der Waals surface area (Å²) in [6, 6.07) is 0. The maximum absolute atomic E-state index is 3.34. The van der Waals surface area contributed by atoms with E-state index in [1.54, 1.807) is 0 Å². The number of nitrogens with one attached hydrogen (secondary N) is 2. The minimum absolute atomic E-state index is 0.731. The standard InChI is InChI=1S/C8H12N2/c1-3-9-5-7(1)8-2-4-10-6-8/h1,8-10H,2-4,6H2. The normalized spacial score (nSPS) is 32.8. The third-order valence-electron chi connectivity index (χ3n) is 2.16. The van der Waals surface area contributed by atoms with Gasteiger partial charge in [-0.3, -0.25) is 0 Å². The lowest BCUT2D eigenvalue weighted by Gasteiger charge is -2.06. The molecule has 10 heavy (non-hydrogen) atoms. The lowest BCUT2D eigenvalue weighted by atomic mass is 9.99. The zero-order valence-electron chi connectivity index (χ0n) is 5.98. The first-order valence-electron chi connectivity index (χ1n) is 3.86. The lowest BCUT2D eigenvalue weighted by molar-refractivity contribution is 0.685. The fourth-order valence-corrected chi connectivity index (χ4v) is 1.55. The SMILES string of the molecule is [C]1NCC=C1C1CCNC1. The maximum atomic E-state index is 3.34. The molecular formula is C8H12N2. The van der Waals surface area contributed by atoms with Crippen molar-refractivity contribution in [1.29, 1.82) is 0 Å². The van der Waals surface area contributed by atoms with E-state index in [1.807, 2.05) is 0 Å². The van der Waals surface area contributed by atoms with Gasteiger partial charge in [-0.15, -0.1) is 0 Å². The molecule has 2 heterocycles. The molecule has 0 spiro atoms. The minimum atomic E-state index is 0.731. The van der Waals surface area contributed by atoms with Crippen LogP contribution < -0.4 is 10.6 Å². The molecule has 0 aromatic rings. The Labute approximate surface area is 61.7 Å². The van der Waals surface area contributed by atoms with Gasteiger partial charge in [0.05, 0.1) is 6.54 Å². The average Bonchev–Trinajstić information content (AvgIpc) is 2.59. The summed E-state index contributed by atoms with van der Waals surface area (Å²) in [4.78, 5) is 0. The van der Waals surface area contributed by atoms with Gasteiger partial charge in [-0.05, 0) is 24.5 Å². The lowest BCUT2D eigenvalue weighted by Crippen LogP contribution is -2.11. The first-order valence-corrected chi connectivity index (χ1v) is 3.86. The van der Waals surface area contributed by atoms with Gasteiger partial charge in [-0.1, -0.05) is 6.08 Å². The molecule has 0 aliphatic carbocycles. The van der Waals surface area contributed by atoms with Crippen LogP contribution in [-0.4, -0.2) is 19.6 Å². The van der Waals surface area contributed by atoms with Crippen LogP contribution in [0.1, 0.15) is 6.42 Å². The van der Waals surface area contributed by atoms with Gasteiger partial charge in [0.1, 0.15) is 0 Å². The fourth-order valence-electron chi connectivity index (χ4n) is 1.55. The average molecular weight is 136 g/mol. The first-order chi connectivity index (χ1) is 4.97. The van der Waals surface area contributed by atoms with E-state index in [1.165, 1.54) is 18.5 Å². The van der Waals surface area contributed by atoms with Gasteiger partial charge in [-0.2, -0.15) is 0 Å². The van der Waals surface area contributed by atoms with Gasteiger partial charge in [-0.25, -0.2) is 0 Å². The van der Waals surface area contributed by atoms with Crippen LogP contribution in [0, 0.1) is 12.5 Å². The first kappa shape index (κ1) is 6.38. The Morgan fingerprint density at radius 1 is 1.60 bits per heavy atom. The maximum Gasteiger partial charge on any atom is 0.0893 e. The number of rotatable bonds is 1. The van der Waals surface area contributed by atoms with Crippen LogP contribution in [0.3, 0.4) is 0 Å².